The molecule has 0 radical (unpaired) electrons. The Labute approximate surface area is 182 Å². The number of benzene rings is 1. The molecular formula is C23H26ClN5O. The fourth-order valence-electron chi connectivity index (χ4n) is 4.42. The predicted octanol–water partition coefficient (Wildman–Crippen LogP) is 2.62. The molecule has 1 aromatic heterocycles. The Bertz CT molecular complexity index is 957. The molecule has 1 saturated heterocycles. The van der Waals surface area contributed by atoms with Crippen LogP contribution in [0, 0.1) is 11.3 Å². The molecule has 2 aliphatic rings. The predicted molar refractivity (Wildman–Crippen MR) is 116 cm³/mol. The van der Waals surface area contributed by atoms with Crippen LogP contribution in [-0.2, 0) is 17.6 Å². The van der Waals surface area contributed by atoms with Crippen molar-refractivity contribution in [3.8, 4) is 6.07 Å². The van der Waals surface area contributed by atoms with Crippen molar-refractivity contribution in [2.24, 2.45) is 0 Å². The van der Waals surface area contributed by atoms with Gasteiger partial charge in [-0.2, -0.15) is 5.26 Å². The van der Waals surface area contributed by atoms with E-state index in [9.17, 15) is 4.79 Å². The molecule has 4 rings (SSSR count). The van der Waals surface area contributed by atoms with E-state index in [-0.39, 0.29) is 24.5 Å². The zero-order chi connectivity index (χ0) is 20.9. The minimum atomic E-state index is -0.269. The average molecular weight is 424 g/mol. The molecule has 1 fully saturated rings. The molecule has 1 aliphatic carbocycles. The third-order valence-electron chi connectivity index (χ3n) is 5.93. The lowest BCUT2D eigenvalue weighted by Crippen LogP contribution is -2.42. The summed E-state index contributed by atoms with van der Waals surface area (Å²) in [6.07, 6.45) is 5.41. The van der Waals surface area contributed by atoms with E-state index in [1.54, 1.807) is 4.90 Å². The lowest BCUT2D eigenvalue weighted by molar-refractivity contribution is -0.130. The van der Waals surface area contributed by atoms with Crippen molar-refractivity contribution in [1.82, 2.24) is 20.5 Å². The first-order valence-electron chi connectivity index (χ1n) is 10.5. The van der Waals surface area contributed by atoms with Crippen LogP contribution in [-0.4, -0.2) is 48.0 Å². The minimum Gasteiger partial charge on any atom is -0.326 e. The number of nitrogens with zero attached hydrogens (tertiary/aromatic N) is 3. The lowest BCUT2D eigenvalue weighted by atomic mass is 9.98. The number of nitrogens with one attached hydrogen (secondary N) is 2. The largest absolute Gasteiger partial charge is 0.326 e. The molecule has 2 N–H and O–H groups in total. The molecule has 2 heterocycles. The normalized spacial score (nSPS) is 20.2. The fourth-order valence-corrected chi connectivity index (χ4v) is 4.61. The highest BCUT2D eigenvalue weighted by Gasteiger charge is 2.28. The van der Waals surface area contributed by atoms with Crippen LogP contribution in [0.2, 0.25) is 5.02 Å². The Hall–Kier alpha value is -2.46. The van der Waals surface area contributed by atoms with Crippen LogP contribution in [0.5, 0.6) is 0 Å². The summed E-state index contributed by atoms with van der Waals surface area (Å²) in [5.41, 5.74) is 4.77. The van der Waals surface area contributed by atoms with Crippen molar-refractivity contribution in [3.63, 3.8) is 0 Å². The van der Waals surface area contributed by atoms with Crippen LogP contribution in [0.4, 0.5) is 0 Å². The highest BCUT2D eigenvalue weighted by atomic mass is 35.5. The van der Waals surface area contributed by atoms with Gasteiger partial charge in [0.15, 0.2) is 0 Å². The lowest BCUT2D eigenvalue weighted by Gasteiger charge is -2.22. The van der Waals surface area contributed by atoms with Crippen molar-refractivity contribution in [2.75, 3.05) is 26.2 Å². The third-order valence-corrected chi connectivity index (χ3v) is 6.16. The summed E-state index contributed by atoms with van der Waals surface area (Å²) in [6.45, 7) is 2.28. The average Bonchev–Trinajstić information content (AvgIpc) is 3.19. The first-order valence-corrected chi connectivity index (χ1v) is 10.9. The molecule has 1 aliphatic heterocycles. The van der Waals surface area contributed by atoms with Crippen molar-refractivity contribution in [1.29, 1.82) is 5.26 Å². The number of pyridine rings is 1. The summed E-state index contributed by atoms with van der Waals surface area (Å²) in [7, 11) is 0. The number of carbonyl (C=O) groups is 1. The number of amides is 1. The molecule has 2 atom stereocenters. The monoisotopic (exact) mass is 423 g/mol. The van der Waals surface area contributed by atoms with Gasteiger partial charge in [0, 0.05) is 30.9 Å². The minimum absolute atomic E-state index is 0.000478. The summed E-state index contributed by atoms with van der Waals surface area (Å²) in [6, 6.07) is 12.1. The number of aryl methyl sites for hydroxylation is 2. The van der Waals surface area contributed by atoms with E-state index in [4.69, 9.17) is 16.9 Å². The van der Waals surface area contributed by atoms with Gasteiger partial charge in [-0.25, -0.2) is 0 Å². The molecular weight excluding hydrogens is 398 g/mol. The van der Waals surface area contributed by atoms with E-state index in [0.717, 1.165) is 36.4 Å². The Morgan fingerprint density at radius 2 is 2.13 bits per heavy atom. The van der Waals surface area contributed by atoms with Gasteiger partial charge in [0.1, 0.15) is 6.04 Å². The summed E-state index contributed by atoms with van der Waals surface area (Å²) >= 11 is 6.24. The quantitative estimate of drug-likeness (QED) is 0.698. The van der Waals surface area contributed by atoms with Gasteiger partial charge in [-0.05, 0) is 60.6 Å². The zero-order valence-electron chi connectivity index (χ0n) is 16.9. The molecule has 0 saturated carbocycles. The summed E-state index contributed by atoms with van der Waals surface area (Å²) in [4.78, 5) is 18.7. The molecule has 156 valence electrons. The number of aromatic nitrogens is 1. The van der Waals surface area contributed by atoms with E-state index in [2.05, 4.69) is 39.9 Å². The smallest absolute Gasteiger partial charge is 0.237 e. The molecule has 7 heteroatoms. The van der Waals surface area contributed by atoms with Crippen molar-refractivity contribution >= 4 is 17.5 Å². The van der Waals surface area contributed by atoms with Crippen molar-refractivity contribution < 1.29 is 4.79 Å². The maximum absolute atomic E-state index is 12.4. The van der Waals surface area contributed by atoms with Crippen LogP contribution < -0.4 is 10.6 Å². The van der Waals surface area contributed by atoms with Gasteiger partial charge in [-0.3, -0.25) is 9.78 Å². The molecule has 0 bridgehead atoms. The van der Waals surface area contributed by atoms with E-state index in [0.29, 0.717) is 19.6 Å². The molecule has 1 amide bonds. The second-order valence-corrected chi connectivity index (χ2v) is 8.27. The Kier molecular flexibility index (Phi) is 6.63. The molecule has 1 unspecified atom stereocenters. The molecule has 0 spiro atoms. The summed E-state index contributed by atoms with van der Waals surface area (Å²) in [5, 5.41) is 16.7. The van der Waals surface area contributed by atoms with Gasteiger partial charge >= 0.3 is 0 Å². The van der Waals surface area contributed by atoms with E-state index in [1.165, 1.54) is 16.7 Å². The fraction of sp³-hybridized carbons (Fsp3) is 0.435. The highest BCUT2D eigenvalue weighted by Crippen LogP contribution is 2.32. The third kappa shape index (κ3) is 4.49. The number of halogens is 1. The SMILES string of the molecule is N#C[C@@H]1CCCN1C(=O)CNCCNC1c2ccc(Cl)cc2CCc2cccnc21. The van der Waals surface area contributed by atoms with Crippen LogP contribution >= 0.6 is 11.6 Å². The number of carbonyl (C=O) groups excluding carboxylic acids is 1. The molecule has 6 nitrogen and oxygen atoms in total. The highest BCUT2D eigenvalue weighted by molar-refractivity contribution is 6.30. The first kappa shape index (κ1) is 20.8. The van der Waals surface area contributed by atoms with Crippen molar-refractivity contribution in [2.45, 2.75) is 37.8 Å². The molecule has 2 aromatic rings. The van der Waals surface area contributed by atoms with E-state index in [1.807, 2.05) is 18.3 Å². The summed E-state index contributed by atoms with van der Waals surface area (Å²) < 4.78 is 0. The second-order valence-electron chi connectivity index (χ2n) is 7.83. The van der Waals surface area contributed by atoms with Crippen LogP contribution in [0.25, 0.3) is 0 Å². The topological polar surface area (TPSA) is 81.0 Å². The van der Waals surface area contributed by atoms with Gasteiger partial charge < -0.3 is 15.5 Å². The van der Waals surface area contributed by atoms with Gasteiger partial charge in [-0.15, -0.1) is 0 Å². The van der Waals surface area contributed by atoms with E-state index < -0.39 is 0 Å². The molecule has 1 aromatic carbocycles. The van der Waals surface area contributed by atoms with E-state index >= 15 is 0 Å². The molecule has 30 heavy (non-hydrogen) atoms. The zero-order valence-corrected chi connectivity index (χ0v) is 17.7. The maximum atomic E-state index is 12.4. The van der Waals surface area contributed by atoms with Gasteiger partial charge in [0.2, 0.25) is 5.91 Å². The summed E-state index contributed by atoms with van der Waals surface area (Å²) in [5.74, 6) is 0.000478. The van der Waals surface area contributed by atoms with Crippen LogP contribution in [0.15, 0.2) is 36.5 Å². The number of hydrogen-bond donors (Lipinski definition) is 2. The van der Waals surface area contributed by atoms with Gasteiger partial charge in [0.25, 0.3) is 0 Å². The Morgan fingerprint density at radius 1 is 1.27 bits per heavy atom. The maximum Gasteiger partial charge on any atom is 0.237 e. The number of likely N-dealkylation sites (tertiary alicyclic amines) is 1. The Morgan fingerprint density at radius 3 is 3.00 bits per heavy atom. The number of hydrogen-bond acceptors (Lipinski definition) is 5. The number of fused-ring (bicyclic) bond motifs is 2. The number of nitriles is 1. The second kappa shape index (κ2) is 9.57. The number of rotatable bonds is 6. The standard InChI is InChI=1S/C23H26ClN5O/c24-18-7-8-20-17(13-18)6-5-16-3-1-9-27-22(16)23(20)28-11-10-26-15-21(30)29-12-2-4-19(29)14-25/h1,3,7-9,13,19,23,26,28H,2,4-6,10-12,15H2/t19-,23?/m0/s1. The Balaban J connectivity index is 1.37. The van der Waals surface area contributed by atoms with Gasteiger partial charge in [-0.1, -0.05) is 23.7 Å². The van der Waals surface area contributed by atoms with Crippen LogP contribution in [0.1, 0.15) is 41.3 Å². The first-order chi connectivity index (χ1) is 14.7. The van der Waals surface area contributed by atoms with Crippen LogP contribution in [0.3, 0.4) is 0 Å². The van der Waals surface area contributed by atoms with Gasteiger partial charge in [0.05, 0.1) is 24.3 Å². The van der Waals surface area contributed by atoms with Crippen molar-refractivity contribution in [3.05, 3.63) is 63.9 Å².